The van der Waals surface area contributed by atoms with Gasteiger partial charge in [0.15, 0.2) is 0 Å². The molecule has 0 unspecified atom stereocenters. The maximum Gasteiger partial charge on any atom is 0.229 e. The average Bonchev–Trinajstić information content (AvgIpc) is 2.93. The molecule has 1 amide bonds. The number of nitrogens with one attached hydrogen (secondary N) is 1. The summed E-state index contributed by atoms with van der Waals surface area (Å²) in [7, 11) is 0. The first-order valence-corrected chi connectivity index (χ1v) is 8.54. The van der Waals surface area contributed by atoms with Gasteiger partial charge in [-0.3, -0.25) is 4.79 Å². The molecular formula is C19H25N3O. The lowest BCUT2D eigenvalue weighted by Gasteiger charge is -2.16. The Bertz CT molecular complexity index is 688. The van der Waals surface area contributed by atoms with Gasteiger partial charge in [-0.15, -0.1) is 0 Å². The molecule has 0 atom stereocenters. The van der Waals surface area contributed by atoms with Gasteiger partial charge in [-0.05, 0) is 48.3 Å². The Morgan fingerprint density at radius 1 is 1.22 bits per heavy atom. The molecule has 23 heavy (non-hydrogen) atoms. The Morgan fingerprint density at radius 3 is 2.78 bits per heavy atom. The number of carbonyl (C=O) groups is 1. The van der Waals surface area contributed by atoms with E-state index >= 15 is 0 Å². The fourth-order valence-corrected chi connectivity index (χ4v) is 3.20. The van der Waals surface area contributed by atoms with Crippen molar-refractivity contribution in [3.8, 4) is 0 Å². The van der Waals surface area contributed by atoms with Crippen LogP contribution in [0.1, 0.15) is 43.4 Å². The summed E-state index contributed by atoms with van der Waals surface area (Å²) < 4.78 is 1.86. The molecule has 3 rings (SSSR count). The van der Waals surface area contributed by atoms with Crippen molar-refractivity contribution in [1.82, 2.24) is 9.78 Å². The van der Waals surface area contributed by atoms with Crippen molar-refractivity contribution in [2.24, 2.45) is 5.92 Å². The molecule has 0 spiro atoms. The number of hydrogen-bond donors (Lipinski definition) is 1. The topological polar surface area (TPSA) is 46.9 Å². The van der Waals surface area contributed by atoms with Gasteiger partial charge in [0.2, 0.25) is 5.91 Å². The minimum absolute atomic E-state index is 0.0197. The summed E-state index contributed by atoms with van der Waals surface area (Å²) in [6.07, 6.45) is 7.02. The van der Waals surface area contributed by atoms with E-state index in [4.69, 9.17) is 0 Å². The molecule has 4 nitrogen and oxygen atoms in total. The summed E-state index contributed by atoms with van der Waals surface area (Å²) in [5.41, 5.74) is 3.97. The average molecular weight is 311 g/mol. The highest BCUT2D eigenvalue weighted by Crippen LogP contribution is 2.22. The smallest absolute Gasteiger partial charge is 0.229 e. The third-order valence-electron chi connectivity index (χ3n) is 4.30. The van der Waals surface area contributed by atoms with Crippen LogP contribution in [0.15, 0.2) is 30.5 Å². The Kier molecular flexibility index (Phi) is 4.79. The number of hydrogen-bond acceptors (Lipinski definition) is 2. The maximum atomic E-state index is 12.3. The largest absolute Gasteiger partial charge is 0.311 e. The van der Waals surface area contributed by atoms with E-state index in [0.717, 1.165) is 24.3 Å². The number of aryl methyl sites for hydroxylation is 2. The van der Waals surface area contributed by atoms with E-state index in [1.54, 1.807) is 6.20 Å². The van der Waals surface area contributed by atoms with E-state index in [1.165, 1.54) is 30.4 Å². The van der Waals surface area contributed by atoms with Crippen molar-refractivity contribution < 1.29 is 4.79 Å². The molecule has 0 saturated heterocycles. The first-order valence-electron chi connectivity index (χ1n) is 8.54. The second-order valence-corrected chi connectivity index (χ2v) is 6.83. The summed E-state index contributed by atoms with van der Waals surface area (Å²) in [5.74, 6) is 1.29. The van der Waals surface area contributed by atoms with Crippen molar-refractivity contribution in [2.75, 3.05) is 5.32 Å². The number of anilines is 1. The van der Waals surface area contributed by atoms with Crippen LogP contribution in [0.5, 0.6) is 0 Å². The van der Waals surface area contributed by atoms with E-state index in [9.17, 15) is 4.79 Å². The van der Waals surface area contributed by atoms with Crippen LogP contribution in [0.4, 0.5) is 5.82 Å². The van der Waals surface area contributed by atoms with Gasteiger partial charge >= 0.3 is 0 Å². The van der Waals surface area contributed by atoms with Crippen LogP contribution in [0.2, 0.25) is 0 Å². The minimum Gasteiger partial charge on any atom is -0.311 e. The number of aromatic nitrogens is 2. The van der Waals surface area contributed by atoms with Crippen molar-refractivity contribution in [3.05, 3.63) is 47.2 Å². The molecule has 0 radical (unpaired) electrons. The molecule has 0 bridgehead atoms. The van der Waals surface area contributed by atoms with Gasteiger partial charge in [0, 0.05) is 12.6 Å². The summed E-state index contributed by atoms with van der Waals surface area (Å²) in [4.78, 5) is 12.3. The fraction of sp³-hybridized carbons (Fsp3) is 0.474. The Labute approximate surface area is 137 Å². The van der Waals surface area contributed by atoms with Gasteiger partial charge in [0.25, 0.3) is 0 Å². The van der Waals surface area contributed by atoms with E-state index in [1.807, 2.05) is 10.7 Å². The zero-order chi connectivity index (χ0) is 16.2. The van der Waals surface area contributed by atoms with Crippen molar-refractivity contribution in [1.29, 1.82) is 0 Å². The predicted molar refractivity (Wildman–Crippen MR) is 92.5 cm³/mol. The van der Waals surface area contributed by atoms with E-state index in [2.05, 4.69) is 42.5 Å². The molecule has 0 aliphatic heterocycles. The highest BCUT2D eigenvalue weighted by atomic mass is 16.1. The van der Waals surface area contributed by atoms with Crippen LogP contribution in [-0.4, -0.2) is 15.7 Å². The van der Waals surface area contributed by atoms with E-state index in [-0.39, 0.29) is 5.91 Å². The van der Waals surface area contributed by atoms with Crippen LogP contribution >= 0.6 is 0 Å². The molecule has 0 saturated carbocycles. The molecule has 1 aliphatic carbocycles. The normalized spacial score (nSPS) is 13.9. The second-order valence-electron chi connectivity index (χ2n) is 6.83. The number of nitrogens with zero attached hydrogens (tertiary/aromatic N) is 2. The van der Waals surface area contributed by atoms with Gasteiger partial charge in [-0.25, -0.2) is 4.68 Å². The van der Waals surface area contributed by atoms with Crippen LogP contribution in [0.3, 0.4) is 0 Å². The van der Waals surface area contributed by atoms with Crippen LogP contribution in [0, 0.1) is 5.92 Å². The molecule has 1 N–H and O–H groups in total. The predicted octanol–water partition coefficient (Wildman–Crippen LogP) is 3.60. The number of amides is 1. The van der Waals surface area contributed by atoms with Crippen LogP contribution < -0.4 is 5.32 Å². The van der Waals surface area contributed by atoms with Crippen molar-refractivity contribution in [2.45, 2.75) is 52.5 Å². The monoisotopic (exact) mass is 311 g/mol. The first kappa shape index (κ1) is 15.8. The number of rotatable bonds is 5. The Morgan fingerprint density at radius 2 is 2.00 bits per heavy atom. The lowest BCUT2D eigenvalue weighted by molar-refractivity contribution is -0.115. The summed E-state index contributed by atoms with van der Waals surface area (Å²) >= 11 is 0. The van der Waals surface area contributed by atoms with Gasteiger partial charge in [-0.1, -0.05) is 32.0 Å². The molecule has 4 heteroatoms. The van der Waals surface area contributed by atoms with Crippen molar-refractivity contribution in [3.63, 3.8) is 0 Å². The van der Waals surface area contributed by atoms with Crippen LogP contribution in [0.25, 0.3) is 0 Å². The molecule has 122 valence electrons. The molecule has 1 heterocycles. The fourth-order valence-electron chi connectivity index (χ4n) is 3.20. The molecule has 1 aliphatic rings. The minimum atomic E-state index is 0.0197. The summed E-state index contributed by atoms with van der Waals surface area (Å²) in [6, 6.07) is 8.35. The zero-order valence-corrected chi connectivity index (χ0v) is 14.0. The molecular weight excluding hydrogens is 286 g/mol. The van der Waals surface area contributed by atoms with Gasteiger partial charge < -0.3 is 5.32 Å². The van der Waals surface area contributed by atoms with Crippen LogP contribution in [-0.2, 0) is 30.6 Å². The van der Waals surface area contributed by atoms with Gasteiger partial charge in [0.1, 0.15) is 5.82 Å². The maximum absolute atomic E-state index is 12.3. The third-order valence-corrected chi connectivity index (χ3v) is 4.30. The highest BCUT2D eigenvalue weighted by molar-refractivity contribution is 5.91. The molecule has 0 fully saturated rings. The molecule has 2 aromatic rings. The zero-order valence-electron chi connectivity index (χ0n) is 14.0. The van der Waals surface area contributed by atoms with Crippen molar-refractivity contribution >= 4 is 11.7 Å². The number of carbonyl (C=O) groups excluding carboxylic acids is 1. The first-order chi connectivity index (χ1) is 11.1. The Balaban J connectivity index is 1.64. The Hall–Kier alpha value is -2.10. The highest BCUT2D eigenvalue weighted by Gasteiger charge is 2.12. The number of benzene rings is 1. The quantitative estimate of drug-likeness (QED) is 0.917. The summed E-state index contributed by atoms with van der Waals surface area (Å²) in [6.45, 7) is 5.09. The molecule has 1 aromatic carbocycles. The van der Waals surface area contributed by atoms with Gasteiger partial charge in [-0.2, -0.15) is 5.10 Å². The third kappa shape index (κ3) is 4.01. The lowest BCUT2D eigenvalue weighted by atomic mass is 9.90. The molecule has 1 aromatic heterocycles. The van der Waals surface area contributed by atoms with E-state index < -0.39 is 0 Å². The summed E-state index contributed by atoms with van der Waals surface area (Å²) in [5, 5.41) is 7.26. The van der Waals surface area contributed by atoms with Gasteiger partial charge in [0.05, 0.1) is 12.6 Å². The number of fused-ring (bicyclic) bond motifs is 1. The lowest BCUT2D eigenvalue weighted by Crippen LogP contribution is -2.19. The second kappa shape index (κ2) is 6.99. The van der Waals surface area contributed by atoms with E-state index in [0.29, 0.717) is 12.3 Å². The SMILES string of the molecule is CC(C)Cn1nccc1NC(=O)Cc1ccc2c(c1)CCCC2. The standard InChI is InChI=1S/C19H25N3O/c1-14(2)13-22-18(9-10-20-22)21-19(23)12-15-7-8-16-5-3-4-6-17(16)11-15/h7-11,14H,3-6,12-13H2,1-2H3,(H,21,23).